The highest BCUT2D eigenvalue weighted by atomic mass is 31.1. The van der Waals surface area contributed by atoms with Crippen LogP contribution in [0.3, 0.4) is 0 Å². The average molecular weight is 1010 g/mol. The minimum absolute atomic E-state index is 0.0271. The van der Waals surface area contributed by atoms with Gasteiger partial charge in [-0.15, -0.1) is 9.24 Å². The number of esters is 1. The number of piperazine rings is 1. The Bertz CT molecular complexity index is 2140. The molecule has 0 saturated carbocycles. The number of hydrogen-bond acceptors (Lipinski definition) is 12. The topological polar surface area (TPSA) is 220 Å². The van der Waals surface area contributed by atoms with E-state index in [4.69, 9.17) is 9.47 Å². The second kappa shape index (κ2) is 25.7. The van der Waals surface area contributed by atoms with Gasteiger partial charge in [-0.1, -0.05) is 50.0 Å². The molecule has 2 aromatic carbocycles. The summed E-state index contributed by atoms with van der Waals surface area (Å²) in [5.74, 6) is -4.54. The predicted molar refractivity (Wildman–Crippen MR) is 276 cm³/mol. The number of nitrogens with zero attached hydrogens (tertiary/aromatic N) is 3. The summed E-state index contributed by atoms with van der Waals surface area (Å²) in [6.45, 7) is 19.0. The molecule has 3 aliphatic rings. The van der Waals surface area contributed by atoms with Crippen molar-refractivity contribution in [1.82, 2.24) is 41.5 Å². The molecular formula is C48H74N9O9P3. The first-order valence-electron chi connectivity index (χ1n) is 23.9. The van der Waals surface area contributed by atoms with E-state index in [-0.39, 0.29) is 43.1 Å². The molecule has 2 fully saturated rings. The standard InChI is InChI=1S/C48H74N9O9P3/c1-28(2)22-36-43(60)52-37(24-39(58)66-27-68)44(61)53-40(30(4)65-26-67)46(63)50-29(3)41(47(64)54-48(5,6)7)57-17-9-10-38(57)45(62)49-25-33-23-32(42(59)51-36)13-16-35(33)31-11-14-34(15-12-31)55-18-20-56(69-8)21-19-55/h11-16,23,28-30,36-38,40-41,69H,9-10,17-22,24-27,67-68H2,1-8H3,(H,49,62)(H,50,63)(H,51,59)(H,52,60)(H,53,61)(H,54,64)/t29-,30+,36-,37-,38-,40-,41-/m0/s1. The third kappa shape index (κ3) is 15.6. The molecule has 0 radical (unpaired) electrons. The largest absolute Gasteiger partial charge is 0.462 e. The van der Waals surface area contributed by atoms with Crippen molar-refractivity contribution in [2.24, 2.45) is 5.92 Å². The van der Waals surface area contributed by atoms with Gasteiger partial charge in [0.05, 0.1) is 31.0 Å². The first-order chi connectivity index (χ1) is 32.7. The molecule has 2 saturated heterocycles. The van der Waals surface area contributed by atoms with Crippen LogP contribution in [0.1, 0.15) is 90.1 Å². The van der Waals surface area contributed by atoms with Crippen LogP contribution in [-0.4, -0.2) is 151 Å². The number of amides is 6. The maximum Gasteiger partial charge on any atom is 0.308 e. The molecule has 6 N–H and O–H groups in total. The molecule has 380 valence electrons. The van der Waals surface area contributed by atoms with Gasteiger partial charge in [0.1, 0.15) is 30.5 Å². The van der Waals surface area contributed by atoms with Crippen LogP contribution in [0, 0.1) is 5.92 Å². The van der Waals surface area contributed by atoms with Gasteiger partial charge in [0.2, 0.25) is 29.5 Å². The molecular weight excluding hydrogens is 940 g/mol. The Balaban J connectivity index is 1.59. The van der Waals surface area contributed by atoms with Crippen molar-refractivity contribution in [1.29, 1.82) is 0 Å². The van der Waals surface area contributed by atoms with Crippen molar-refractivity contribution in [3.05, 3.63) is 53.6 Å². The Kier molecular flexibility index (Phi) is 20.7. The fourth-order valence-corrected chi connectivity index (χ4v) is 10.2. The minimum atomic E-state index is -1.54. The van der Waals surface area contributed by atoms with Crippen LogP contribution >= 0.6 is 27.2 Å². The van der Waals surface area contributed by atoms with Crippen LogP contribution in [0.2, 0.25) is 0 Å². The van der Waals surface area contributed by atoms with Crippen LogP contribution in [0.4, 0.5) is 5.69 Å². The number of ether oxygens (including phenoxy) is 2. The lowest BCUT2D eigenvalue weighted by atomic mass is 9.96. The van der Waals surface area contributed by atoms with Crippen molar-refractivity contribution in [2.45, 2.75) is 129 Å². The first kappa shape index (κ1) is 55.6. The fourth-order valence-electron chi connectivity index (χ4n) is 9.05. The SMILES string of the molecule is CPN1CCN(c2ccc(-c3ccc4cc3CNC(=O)[C@@H]3CCCN3[C@H](C(=O)NC(C)(C)C)[C@H](C)NC(=O)[C@H]([C@@H](C)OCP)NC(=O)[C@H](CC(=O)OCP)NC(=O)[C@H](CC(C)C)NC4=O)cc2)CC1. The molecule has 5 rings (SSSR count). The minimum Gasteiger partial charge on any atom is -0.462 e. The summed E-state index contributed by atoms with van der Waals surface area (Å²) >= 11 is 0. The molecule has 0 aliphatic carbocycles. The van der Waals surface area contributed by atoms with E-state index in [1.165, 1.54) is 0 Å². The maximum atomic E-state index is 14.5. The van der Waals surface area contributed by atoms with Gasteiger partial charge in [-0.2, -0.15) is 0 Å². The third-order valence-corrected chi connectivity index (χ3v) is 13.9. The molecule has 2 bridgehead atoms. The van der Waals surface area contributed by atoms with Crippen LogP contribution in [-0.2, 0) is 44.8 Å². The summed E-state index contributed by atoms with van der Waals surface area (Å²) in [6.07, 6.45) is -0.287. The maximum absolute atomic E-state index is 14.5. The molecule has 21 heteroatoms. The number of benzene rings is 2. The molecule has 6 amide bonds. The van der Waals surface area contributed by atoms with Gasteiger partial charge in [-0.25, -0.2) is 0 Å². The average Bonchev–Trinajstić information content (AvgIpc) is 3.77. The Hall–Kier alpha value is -4.30. The van der Waals surface area contributed by atoms with Gasteiger partial charge in [0, 0.05) is 49.5 Å². The zero-order chi connectivity index (χ0) is 50.6. The highest BCUT2D eigenvalue weighted by Gasteiger charge is 2.44. The molecule has 3 unspecified atom stereocenters. The molecule has 69 heavy (non-hydrogen) atoms. The lowest BCUT2D eigenvalue weighted by Crippen LogP contribution is -2.65. The number of hydrogen-bond donors (Lipinski definition) is 6. The lowest BCUT2D eigenvalue weighted by molar-refractivity contribution is -0.145. The van der Waals surface area contributed by atoms with Gasteiger partial charge in [0.25, 0.3) is 5.91 Å². The number of anilines is 1. The summed E-state index contributed by atoms with van der Waals surface area (Å²) in [4.78, 5) is 103. The molecule has 3 heterocycles. The Morgan fingerprint density at radius 2 is 1.49 bits per heavy atom. The number of carbonyl (C=O) groups is 7. The second-order valence-electron chi connectivity index (χ2n) is 19.3. The van der Waals surface area contributed by atoms with Gasteiger partial charge in [-0.3, -0.25) is 43.1 Å². The van der Waals surface area contributed by atoms with E-state index in [9.17, 15) is 33.6 Å². The number of fused-ring (bicyclic) bond motifs is 3. The summed E-state index contributed by atoms with van der Waals surface area (Å²) in [5.41, 5.74) is 2.96. The summed E-state index contributed by atoms with van der Waals surface area (Å²) in [7, 11) is 5.42. The summed E-state index contributed by atoms with van der Waals surface area (Å²) < 4.78 is 13.4. The fraction of sp³-hybridized carbons (Fsp3) is 0.604. The van der Waals surface area contributed by atoms with Gasteiger partial charge >= 0.3 is 5.97 Å². The van der Waals surface area contributed by atoms with E-state index in [1.54, 1.807) is 26.0 Å². The van der Waals surface area contributed by atoms with Crippen molar-refractivity contribution in [2.75, 3.05) is 57.0 Å². The Morgan fingerprint density at radius 1 is 0.826 bits per heavy atom. The summed E-state index contributed by atoms with van der Waals surface area (Å²) in [5, 5.41) is 17.3. The molecule has 0 spiro atoms. The van der Waals surface area contributed by atoms with Gasteiger partial charge in [-0.05, 0) is 114 Å². The molecule has 18 nitrogen and oxygen atoms in total. The van der Waals surface area contributed by atoms with E-state index in [2.05, 4.69) is 78.7 Å². The first-order valence-corrected chi connectivity index (χ1v) is 27.0. The highest BCUT2D eigenvalue weighted by molar-refractivity contribution is 7.34. The summed E-state index contributed by atoms with van der Waals surface area (Å²) in [6, 6.07) is 6.66. The smallest absolute Gasteiger partial charge is 0.308 e. The van der Waals surface area contributed by atoms with E-state index in [1.807, 2.05) is 57.7 Å². The van der Waals surface area contributed by atoms with E-state index < -0.39 is 89.8 Å². The quantitative estimate of drug-likeness (QED) is 0.134. The molecule has 2 aromatic rings. The lowest BCUT2D eigenvalue weighted by Gasteiger charge is -2.38. The van der Waals surface area contributed by atoms with Crippen LogP contribution in [0.25, 0.3) is 11.1 Å². The normalized spacial score (nSPS) is 24.6. The van der Waals surface area contributed by atoms with Gasteiger partial charge in [0.15, 0.2) is 0 Å². The molecule has 3 aliphatic heterocycles. The van der Waals surface area contributed by atoms with Crippen LogP contribution < -0.4 is 36.8 Å². The van der Waals surface area contributed by atoms with Crippen molar-refractivity contribution in [3.63, 3.8) is 0 Å². The monoisotopic (exact) mass is 1010 g/mol. The molecule has 10 atom stereocenters. The second-order valence-corrected chi connectivity index (χ2v) is 21.1. The third-order valence-electron chi connectivity index (χ3n) is 12.5. The van der Waals surface area contributed by atoms with Crippen molar-refractivity contribution < 1.29 is 43.0 Å². The van der Waals surface area contributed by atoms with Crippen molar-refractivity contribution >= 4 is 74.3 Å². The zero-order valence-electron chi connectivity index (χ0n) is 41.3. The van der Waals surface area contributed by atoms with Crippen LogP contribution in [0.5, 0.6) is 0 Å². The van der Waals surface area contributed by atoms with E-state index in [0.717, 1.165) is 51.7 Å². The Morgan fingerprint density at radius 3 is 2.12 bits per heavy atom. The predicted octanol–water partition coefficient (Wildman–Crippen LogP) is 2.70. The van der Waals surface area contributed by atoms with E-state index in [0.29, 0.717) is 24.9 Å². The molecule has 0 aromatic heterocycles. The number of carbonyl (C=O) groups excluding carboxylic acids is 7. The number of nitrogens with one attached hydrogen (secondary N) is 6. The highest BCUT2D eigenvalue weighted by Crippen LogP contribution is 2.30. The van der Waals surface area contributed by atoms with Gasteiger partial charge < -0.3 is 46.3 Å². The van der Waals surface area contributed by atoms with Crippen molar-refractivity contribution in [3.8, 4) is 11.1 Å². The zero-order valence-corrected chi connectivity index (χ0v) is 44.6. The Labute approximate surface area is 413 Å². The van der Waals surface area contributed by atoms with Crippen LogP contribution in [0.15, 0.2) is 42.5 Å². The number of rotatable bonds is 12. The van der Waals surface area contributed by atoms with E-state index >= 15 is 0 Å².